The number of carbonyl (C=O) groups is 3. The lowest BCUT2D eigenvalue weighted by molar-refractivity contribution is 0.0780. The molecule has 2 aromatic carbocycles. The zero-order valence-corrected chi connectivity index (χ0v) is 20.5. The summed E-state index contributed by atoms with van der Waals surface area (Å²) in [4.78, 5) is 41.2. The molecule has 0 aliphatic carbocycles. The molecule has 5 rings (SSSR count). The van der Waals surface area contributed by atoms with Gasteiger partial charge in [0.05, 0.1) is 6.54 Å². The molecule has 2 aliphatic heterocycles. The van der Waals surface area contributed by atoms with Crippen LogP contribution in [-0.2, 0) is 13.0 Å². The number of hydrogen-bond acceptors (Lipinski definition) is 5. The van der Waals surface area contributed by atoms with Crippen molar-refractivity contribution in [3.05, 3.63) is 65.2 Å². The SMILES string of the molecule is CC(C)NC(=O)Nc1cccc(C(=O)Nc2cc3n(n2)CCN3c2ccc3c(c2)CCN(C)C3=O)c1. The maximum absolute atomic E-state index is 12.9. The van der Waals surface area contributed by atoms with E-state index in [0.717, 1.165) is 35.6 Å². The minimum Gasteiger partial charge on any atom is -0.341 e. The highest BCUT2D eigenvalue weighted by Gasteiger charge is 2.27. The van der Waals surface area contributed by atoms with E-state index < -0.39 is 0 Å². The largest absolute Gasteiger partial charge is 0.341 e. The number of benzene rings is 2. The van der Waals surface area contributed by atoms with Crippen molar-refractivity contribution in [3.8, 4) is 0 Å². The van der Waals surface area contributed by atoms with E-state index in [2.05, 4.69) is 32.0 Å². The van der Waals surface area contributed by atoms with Gasteiger partial charge in [-0.15, -0.1) is 0 Å². The predicted molar refractivity (Wildman–Crippen MR) is 138 cm³/mol. The summed E-state index contributed by atoms with van der Waals surface area (Å²) in [5, 5.41) is 12.9. The fourth-order valence-electron chi connectivity index (χ4n) is 4.54. The van der Waals surface area contributed by atoms with E-state index in [4.69, 9.17) is 0 Å². The molecule has 0 spiro atoms. The molecular formula is C26H29N7O3. The normalized spacial score (nSPS) is 14.5. The molecule has 10 heteroatoms. The van der Waals surface area contributed by atoms with Crippen molar-refractivity contribution >= 4 is 40.9 Å². The third-order valence-electron chi connectivity index (χ3n) is 6.31. The van der Waals surface area contributed by atoms with E-state index in [1.54, 1.807) is 29.2 Å². The maximum Gasteiger partial charge on any atom is 0.319 e. The molecule has 2 aliphatic rings. The molecule has 1 aromatic heterocycles. The second-order valence-corrected chi connectivity index (χ2v) is 9.37. The Bertz CT molecular complexity index is 1350. The van der Waals surface area contributed by atoms with Gasteiger partial charge < -0.3 is 25.8 Å². The van der Waals surface area contributed by atoms with E-state index in [9.17, 15) is 14.4 Å². The Balaban J connectivity index is 1.30. The fraction of sp³-hybridized carbons (Fsp3) is 0.308. The standard InChI is InChI=1S/C26H29N7O3/c1-16(2)27-26(36)28-19-6-4-5-18(13-19)24(34)29-22-15-23-32(11-12-33(23)30-22)20-7-8-21-17(14-20)9-10-31(3)25(21)35/h4-8,13-16H,9-12H2,1-3H3,(H2,27,28,36)(H,29,30,34). The smallest absolute Gasteiger partial charge is 0.319 e. The molecule has 0 fully saturated rings. The van der Waals surface area contributed by atoms with Crippen molar-refractivity contribution in [2.24, 2.45) is 0 Å². The van der Waals surface area contributed by atoms with Crippen LogP contribution < -0.4 is 20.9 Å². The average molecular weight is 488 g/mol. The van der Waals surface area contributed by atoms with Gasteiger partial charge in [-0.2, -0.15) is 5.10 Å². The van der Waals surface area contributed by atoms with Crippen molar-refractivity contribution in [2.75, 3.05) is 35.7 Å². The first-order valence-electron chi connectivity index (χ1n) is 12.0. The zero-order chi connectivity index (χ0) is 25.4. The lowest BCUT2D eigenvalue weighted by atomic mass is 9.98. The fourth-order valence-corrected chi connectivity index (χ4v) is 4.54. The van der Waals surface area contributed by atoms with Gasteiger partial charge in [0.2, 0.25) is 0 Å². The molecule has 0 saturated heterocycles. The number of hydrogen-bond donors (Lipinski definition) is 3. The Labute approximate surface area is 209 Å². The second kappa shape index (κ2) is 9.37. The van der Waals surface area contributed by atoms with Crippen molar-refractivity contribution in [2.45, 2.75) is 32.9 Å². The Morgan fingerprint density at radius 3 is 2.64 bits per heavy atom. The molecule has 36 heavy (non-hydrogen) atoms. The van der Waals surface area contributed by atoms with Crippen molar-refractivity contribution in [1.82, 2.24) is 20.0 Å². The van der Waals surface area contributed by atoms with Crippen molar-refractivity contribution in [3.63, 3.8) is 0 Å². The number of likely N-dealkylation sites (N-methyl/N-ethyl adjacent to an activating group) is 1. The molecule has 3 heterocycles. The Morgan fingerprint density at radius 2 is 1.83 bits per heavy atom. The van der Waals surface area contributed by atoms with Gasteiger partial charge in [0, 0.05) is 54.7 Å². The van der Waals surface area contributed by atoms with E-state index in [1.165, 1.54) is 0 Å². The summed E-state index contributed by atoms with van der Waals surface area (Å²) in [6.07, 6.45) is 0.826. The van der Waals surface area contributed by atoms with Gasteiger partial charge in [-0.1, -0.05) is 6.07 Å². The van der Waals surface area contributed by atoms with E-state index >= 15 is 0 Å². The van der Waals surface area contributed by atoms with Crippen molar-refractivity contribution < 1.29 is 14.4 Å². The lowest BCUT2D eigenvalue weighted by Crippen LogP contribution is -2.34. The third-order valence-corrected chi connectivity index (χ3v) is 6.31. The Hall–Kier alpha value is -4.34. The summed E-state index contributed by atoms with van der Waals surface area (Å²) in [5.41, 5.74) is 3.74. The summed E-state index contributed by atoms with van der Waals surface area (Å²) < 4.78 is 1.86. The summed E-state index contributed by atoms with van der Waals surface area (Å²) in [6.45, 7) is 5.91. The van der Waals surface area contributed by atoms with Crippen LogP contribution in [0.3, 0.4) is 0 Å². The number of anilines is 4. The number of nitrogens with one attached hydrogen (secondary N) is 3. The summed E-state index contributed by atoms with van der Waals surface area (Å²) >= 11 is 0. The molecular weight excluding hydrogens is 458 g/mol. The predicted octanol–water partition coefficient (Wildman–Crippen LogP) is 3.45. The second-order valence-electron chi connectivity index (χ2n) is 9.37. The Morgan fingerprint density at radius 1 is 1.00 bits per heavy atom. The van der Waals surface area contributed by atoms with Crippen LogP contribution in [0.2, 0.25) is 0 Å². The third kappa shape index (κ3) is 4.61. The number of urea groups is 1. The molecule has 186 valence electrons. The van der Waals surface area contributed by atoms with Crippen LogP contribution in [-0.4, -0.2) is 58.7 Å². The van der Waals surface area contributed by atoms with E-state index in [-0.39, 0.29) is 23.9 Å². The number of amides is 4. The zero-order valence-electron chi connectivity index (χ0n) is 20.5. The molecule has 0 bridgehead atoms. The van der Waals surface area contributed by atoms with E-state index in [1.807, 2.05) is 43.8 Å². The van der Waals surface area contributed by atoms with Gasteiger partial charge in [-0.3, -0.25) is 9.59 Å². The molecule has 4 amide bonds. The van der Waals surface area contributed by atoms with Gasteiger partial charge in [-0.05, 0) is 62.2 Å². The number of nitrogens with zero attached hydrogens (tertiary/aromatic N) is 4. The quantitative estimate of drug-likeness (QED) is 0.511. The molecule has 10 nitrogen and oxygen atoms in total. The molecule has 0 saturated carbocycles. The van der Waals surface area contributed by atoms with Crippen LogP contribution in [0.4, 0.5) is 27.8 Å². The summed E-state index contributed by atoms with van der Waals surface area (Å²) in [7, 11) is 1.82. The van der Waals surface area contributed by atoms with Crippen LogP contribution in [0.1, 0.15) is 40.1 Å². The average Bonchev–Trinajstić information content (AvgIpc) is 3.41. The minimum atomic E-state index is -0.327. The first-order chi connectivity index (χ1) is 17.3. The number of aromatic nitrogens is 2. The molecule has 0 unspecified atom stereocenters. The summed E-state index contributed by atoms with van der Waals surface area (Å²) in [5.74, 6) is 1.07. The van der Waals surface area contributed by atoms with Crippen LogP contribution in [0.25, 0.3) is 0 Å². The van der Waals surface area contributed by atoms with Gasteiger partial charge in [0.15, 0.2) is 5.82 Å². The monoisotopic (exact) mass is 487 g/mol. The molecule has 3 N–H and O–H groups in total. The highest BCUT2D eigenvalue weighted by atomic mass is 16.2. The summed E-state index contributed by atoms with van der Waals surface area (Å²) in [6, 6.07) is 14.2. The highest BCUT2D eigenvalue weighted by molar-refractivity contribution is 6.05. The highest BCUT2D eigenvalue weighted by Crippen LogP contribution is 2.34. The minimum absolute atomic E-state index is 0.00409. The van der Waals surface area contributed by atoms with Crippen LogP contribution >= 0.6 is 0 Å². The lowest BCUT2D eigenvalue weighted by Gasteiger charge is -2.26. The first-order valence-corrected chi connectivity index (χ1v) is 12.0. The van der Waals surface area contributed by atoms with Gasteiger partial charge in [-0.25, -0.2) is 9.48 Å². The van der Waals surface area contributed by atoms with Gasteiger partial charge >= 0.3 is 6.03 Å². The Kier molecular flexibility index (Phi) is 6.09. The molecule has 3 aromatic rings. The first kappa shape index (κ1) is 23.4. The number of carbonyl (C=O) groups excluding carboxylic acids is 3. The van der Waals surface area contributed by atoms with Crippen LogP contribution in [0, 0.1) is 0 Å². The number of rotatable bonds is 5. The van der Waals surface area contributed by atoms with E-state index in [0.29, 0.717) is 30.2 Å². The van der Waals surface area contributed by atoms with Crippen LogP contribution in [0.15, 0.2) is 48.5 Å². The van der Waals surface area contributed by atoms with Gasteiger partial charge in [0.1, 0.15) is 5.82 Å². The topological polar surface area (TPSA) is 112 Å². The van der Waals surface area contributed by atoms with Gasteiger partial charge in [0.25, 0.3) is 11.8 Å². The number of fused-ring (bicyclic) bond motifs is 2. The van der Waals surface area contributed by atoms with Crippen LogP contribution in [0.5, 0.6) is 0 Å². The van der Waals surface area contributed by atoms with Crippen molar-refractivity contribution in [1.29, 1.82) is 0 Å². The molecule has 0 atom stereocenters. The molecule has 0 radical (unpaired) electrons. The maximum atomic E-state index is 12.9.